The zero-order chi connectivity index (χ0) is 61.2. The van der Waals surface area contributed by atoms with E-state index in [0.29, 0.717) is 54.4 Å². The number of benzene rings is 8. The second kappa shape index (κ2) is 30.7. The van der Waals surface area contributed by atoms with Gasteiger partial charge in [-0.15, -0.1) is 0 Å². The van der Waals surface area contributed by atoms with E-state index in [1.807, 2.05) is 48.5 Å². The van der Waals surface area contributed by atoms with E-state index in [9.17, 15) is 29.4 Å². The molecule has 10 heteroatoms. The highest BCUT2D eigenvalue weighted by Crippen LogP contribution is 2.39. The maximum atomic E-state index is 11.3. The number of hydrogen-bond acceptors (Lipinski definition) is 6. The molecule has 85 heavy (non-hydrogen) atoms. The molecule has 0 aliphatic carbocycles. The van der Waals surface area contributed by atoms with Gasteiger partial charge in [0.2, 0.25) is 0 Å². The van der Waals surface area contributed by atoms with Crippen molar-refractivity contribution < 1.29 is 49.1 Å². The van der Waals surface area contributed by atoms with E-state index in [-0.39, 0.29) is 19.4 Å². The van der Waals surface area contributed by atoms with Gasteiger partial charge in [-0.05, 0) is 187 Å². The van der Waals surface area contributed by atoms with Gasteiger partial charge in [-0.2, -0.15) is 0 Å². The van der Waals surface area contributed by atoms with E-state index < -0.39 is 30.5 Å². The number of aryl methyl sites for hydroxylation is 2. The van der Waals surface area contributed by atoms with Gasteiger partial charge in [0.05, 0.1) is 0 Å². The summed E-state index contributed by atoms with van der Waals surface area (Å²) in [5.74, 6) is -0.761. The Hall–Kier alpha value is -8.76. The van der Waals surface area contributed by atoms with Crippen molar-refractivity contribution in [2.45, 2.75) is 119 Å². The molecule has 442 valence electrons. The summed E-state index contributed by atoms with van der Waals surface area (Å²) in [4.78, 5) is 44.7. The SMILES string of the molecule is CC(C)Cc1cc(-c2ccc(-c3ccc(CCC(=O)O)cc3CC(C)C)cc2C(C)C)ccc1OCC(=O)O.CC(C)Cc1cc(CCC(=O)O)ccc1-c1ccc(-c2ccc(OCC(=O)O)c(Cc3ccccc3)c2)c(Cc2ccccc2)c1. The first-order valence-electron chi connectivity index (χ1n) is 29.7. The third-order valence-electron chi connectivity index (χ3n) is 14.8. The summed E-state index contributed by atoms with van der Waals surface area (Å²) in [6, 6.07) is 58.6. The van der Waals surface area contributed by atoms with Crippen LogP contribution < -0.4 is 9.47 Å². The van der Waals surface area contributed by atoms with Crippen LogP contribution in [0.5, 0.6) is 11.5 Å². The van der Waals surface area contributed by atoms with Crippen molar-refractivity contribution in [2.24, 2.45) is 17.8 Å². The summed E-state index contributed by atoms with van der Waals surface area (Å²) in [5, 5.41) is 36.7. The Morgan fingerprint density at radius 1 is 0.353 bits per heavy atom. The predicted octanol–water partition coefficient (Wildman–Crippen LogP) is 16.9. The molecule has 0 fully saturated rings. The molecule has 0 bridgehead atoms. The van der Waals surface area contributed by atoms with E-state index in [0.717, 1.165) is 92.4 Å². The largest absolute Gasteiger partial charge is 0.482 e. The van der Waals surface area contributed by atoms with Crippen LogP contribution in [0.15, 0.2) is 170 Å². The lowest BCUT2D eigenvalue weighted by atomic mass is 9.86. The first-order valence-corrected chi connectivity index (χ1v) is 29.7. The molecular weight excluding hydrogens is 1060 g/mol. The third-order valence-corrected chi connectivity index (χ3v) is 14.8. The zero-order valence-corrected chi connectivity index (χ0v) is 50.5. The van der Waals surface area contributed by atoms with Crippen molar-refractivity contribution in [1.82, 2.24) is 0 Å². The topological polar surface area (TPSA) is 168 Å². The van der Waals surface area contributed by atoms with E-state index in [4.69, 9.17) is 19.7 Å². The zero-order valence-electron chi connectivity index (χ0n) is 50.5. The molecule has 0 radical (unpaired) electrons. The average molecular weight is 1140 g/mol. The van der Waals surface area contributed by atoms with Crippen molar-refractivity contribution in [3.63, 3.8) is 0 Å². The van der Waals surface area contributed by atoms with Crippen molar-refractivity contribution in [3.05, 3.63) is 225 Å². The quantitative estimate of drug-likeness (QED) is 0.0389. The Morgan fingerprint density at radius 3 is 1.16 bits per heavy atom. The van der Waals surface area contributed by atoms with Gasteiger partial charge >= 0.3 is 23.9 Å². The highest BCUT2D eigenvalue weighted by Gasteiger charge is 2.19. The lowest BCUT2D eigenvalue weighted by Gasteiger charge is -2.20. The standard InChI is InChI=1S/C41H40O5.C34H42O5/c1-28(2)21-34-23-31(14-20-40(42)43)13-17-37(34)32-15-18-38(35(25-32)22-29-9-5-3-6-10-29)33-16-19-39(46-27-41(44)45)36(26-33)24-30-11-7-4-8-12-30;1-21(2)15-27-17-24(8-14-33(35)36)7-11-29(27)26-9-12-30(31(19-26)23(5)6)25-10-13-32(39-20-34(37)38)28(18-25)16-22(3)4/h3-13,15-19,23,25-26,28H,14,20-22,24,27H2,1-2H3,(H,42,43)(H,44,45);7,9-13,17-19,21-23H,8,14-16,20H2,1-6H3,(H,35,36)(H,37,38). The van der Waals surface area contributed by atoms with Gasteiger partial charge in [-0.3, -0.25) is 9.59 Å². The fourth-order valence-corrected chi connectivity index (χ4v) is 11.0. The maximum Gasteiger partial charge on any atom is 0.341 e. The number of aliphatic carboxylic acids is 4. The van der Waals surface area contributed by atoms with Crippen LogP contribution >= 0.6 is 0 Å². The molecule has 0 saturated carbocycles. The number of rotatable bonds is 27. The van der Waals surface area contributed by atoms with E-state index in [2.05, 4.69) is 177 Å². The minimum absolute atomic E-state index is 0.114. The minimum Gasteiger partial charge on any atom is -0.482 e. The summed E-state index contributed by atoms with van der Waals surface area (Å²) in [6.07, 6.45) is 5.25. The van der Waals surface area contributed by atoms with E-state index in [1.54, 1.807) is 0 Å². The molecule has 0 atom stereocenters. The average Bonchev–Trinajstić information content (AvgIpc) is 1.94. The second-order valence-electron chi connectivity index (χ2n) is 23.7. The summed E-state index contributed by atoms with van der Waals surface area (Å²) >= 11 is 0. The molecule has 8 rings (SSSR count). The van der Waals surface area contributed by atoms with Crippen molar-refractivity contribution in [2.75, 3.05) is 13.2 Å². The van der Waals surface area contributed by atoms with Crippen molar-refractivity contribution in [3.8, 4) is 56.0 Å². The molecule has 0 amide bonds. The van der Waals surface area contributed by atoms with E-state index in [1.165, 1.54) is 33.4 Å². The van der Waals surface area contributed by atoms with Crippen LogP contribution in [0.25, 0.3) is 44.5 Å². The molecular formula is C75H82O10. The molecule has 0 aliphatic heterocycles. The Balaban J connectivity index is 0.000000247. The van der Waals surface area contributed by atoms with Gasteiger partial charge in [0, 0.05) is 19.3 Å². The maximum absolute atomic E-state index is 11.3. The third kappa shape index (κ3) is 19.1. The lowest BCUT2D eigenvalue weighted by molar-refractivity contribution is -0.140. The fourth-order valence-electron chi connectivity index (χ4n) is 11.0. The summed E-state index contributed by atoms with van der Waals surface area (Å²) in [7, 11) is 0. The van der Waals surface area contributed by atoms with Gasteiger partial charge in [-0.1, -0.05) is 201 Å². The molecule has 8 aromatic rings. The molecule has 0 spiro atoms. The summed E-state index contributed by atoms with van der Waals surface area (Å²) in [5.41, 5.74) is 20.3. The van der Waals surface area contributed by atoms with Crippen LogP contribution in [0.4, 0.5) is 0 Å². The van der Waals surface area contributed by atoms with E-state index >= 15 is 0 Å². The fraction of sp³-hybridized carbons (Fsp3) is 0.307. The lowest BCUT2D eigenvalue weighted by Crippen LogP contribution is -2.11. The van der Waals surface area contributed by atoms with Crippen LogP contribution in [-0.4, -0.2) is 57.5 Å². The molecule has 8 aromatic carbocycles. The monoisotopic (exact) mass is 1140 g/mol. The first kappa shape index (κ1) is 63.8. The Labute approximate surface area is 502 Å². The highest BCUT2D eigenvalue weighted by molar-refractivity contribution is 5.79. The van der Waals surface area contributed by atoms with Gasteiger partial charge in [-0.25, -0.2) is 9.59 Å². The van der Waals surface area contributed by atoms with Crippen LogP contribution in [0, 0.1) is 17.8 Å². The van der Waals surface area contributed by atoms with Crippen LogP contribution in [-0.2, 0) is 64.1 Å². The number of carboxylic acid groups (broad SMARTS) is 4. The van der Waals surface area contributed by atoms with Crippen LogP contribution in [0.2, 0.25) is 0 Å². The number of carboxylic acids is 4. The number of hydrogen-bond donors (Lipinski definition) is 4. The molecule has 0 heterocycles. The smallest absolute Gasteiger partial charge is 0.341 e. The predicted molar refractivity (Wildman–Crippen MR) is 341 cm³/mol. The van der Waals surface area contributed by atoms with Crippen molar-refractivity contribution >= 4 is 23.9 Å². The molecule has 10 nitrogen and oxygen atoms in total. The van der Waals surface area contributed by atoms with Gasteiger partial charge in [0.1, 0.15) is 11.5 Å². The summed E-state index contributed by atoms with van der Waals surface area (Å²) < 4.78 is 11.3. The number of carbonyl (C=O) groups is 4. The molecule has 0 unspecified atom stereocenters. The van der Waals surface area contributed by atoms with Crippen LogP contribution in [0.3, 0.4) is 0 Å². The molecule has 0 saturated heterocycles. The van der Waals surface area contributed by atoms with Crippen molar-refractivity contribution in [1.29, 1.82) is 0 Å². The van der Waals surface area contributed by atoms with Gasteiger partial charge in [0.15, 0.2) is 13.2 Å². The molecule has 0 aromatic heterocycles. The second-order valence-corrected chi connectivity index (χ2v) is 23.7. The minimum atomic E-state index is -1.01. The molecule has 0 aliphatic rings. The Morgan fingerprint density at radius 2 is 0.718 bits per heavy atom. The number of ether oxygens (including phenoxy) is 2. The highest BCUT2D eigenvalue weighted by atomic mass is 16.5. The normalized spacial score (nSPS) is 11.2. The van der Waals surface area contributed by atoms with Gasteiger partial charge in [0.25, 0.3) is 0 Å². The van der Waals surface area contributed by atoms with Gasteiger partial charge < -0.3 is 29.9 Å². The Bertz CT molecular complexity index is 3560. The Kier molecular flexibility index (Phi) is 23.0. The molecule has 4 N–H and O–H groups in total. The van der Waals surface area contributed by atoms with Crippen LogP contribution in [0.1, 0.15) is 130 Å². The summed E-state index contributed by atoms with van der Waals surface area (Å²) in [6.45, 7) is 16.7. The first-order chi connectivity index (χ1) is 40.7.